The molecule has 0 aromatic heterocycles. The SMILES string of the molecule is [2H]C([2H])([2H])S(=O)(=O)N(COC(CF)C(C)(C)C)C(C)(C)C. The maximum Gasteiger partial charge on any atom is 0.213 e. The highest BCUT2D eigenvalue weighted by molar-refractivity contribution is 7.88. The van der Waals surface area contributed by atoms with Gasteiger partial charge in [0.25, 0.3) is 0 Å². The lowest BCUT2D eigenvalue weighted by molar-refractivity contribution is -0.0721. The van der Waals surface area contributed by atoms with Crippen LogP contribution in [0.5, 0.6) is 0 Å². The van der Waals surface area contributed by atoms with E-state index in [2.05, 4.69) is 0 Å². The molecule has 0 spiro atoms. The minimum absolute atomic E-state index is 0.504. The standard InChI is InChI=1S/C12H26FNO3S/c1-11(2,3)10(8-13)17-9-14(12(4,5)6)18(7,15)16/h10H,8-9H2,1-7H3/i7D3. The summed E-state index contributed by atoms with van der Waals surface area (Å²) >= 11 is 0. The molecule has 18 heavy (non-hydrogen) atoms. The van der Waals surface area contributed by atoms with E-state index in [9.17, 15) is 12.8 Å². The van der Waals surface area contributed by atoms with E-state index in [0.29, 0.717) is 0 Å². The monoisotopic (exact) mass is 286 g/mol. The predicted octanol–water partition coefficient (Wildman–Crippen LogP) is 2.40. The number of alkyl halides is 1. The van der Waals surface area contributed by atoms with E-state index >= 15 is 0 Å². The smallest absolute Gasteiger partial charge is 0.213 e. The number of halogens is 1. The van der Waals surface area contributed by atoms with Crippen molar-refractivity contribution in [1.29, 1.82) is 0 Å². The molecule has 0 radical (unpaired) electrons. The molecule has 0 amide bonds. The summed E-state index contributed by atoms with van der Waals surface area (Å²) in [4.78, 5) is 0. The van der Waals surface area contributed by atoms with Gasteiger partial charge < -0.3 is 4.74 Å². The number of hydrogen-bond acceptors (Lipinski definition) is 3. The normalized spacial score (nSPS) is 19.2. The van der Waals surface area contributed by atoms with Crippen molar-refractivity contribution >= 4 is 10.0 Å². The van der Waals surface area contributed by atoms with Gasteiger partial charge in [0.05, 0.1) is 12.3 Å². The molecule has 0 N–H and O–H groups in total. The van der Waals surface area contributed by atoms with E-state index in [-0.39, 0.29) is 0 Å². The molecule has 6 heteroatoms. The average molecular weight is 286 g/mol. The molecule has 1 unspecified atom stereocenters. The number of rotatable bonds is 5. The highest BCUT2D eigenvalue weighted by atomic mass is 32.2. The van der Waals surface area contributed by atoms with Crippen LogP contribution in [0.25, 0.3) is 0 Å². The second-order valence-corrected chi connectivity index (χ2v) is 7.72. The molecule has 0 saturated heterocycles. The Morgan fingerprint density at radius 3 is 2.06 bits per heavy atom. The fraction of sp³-hybridized carbons (Fsp3) is 1.00. The van der Waals surface area contributed by atoms with Crippen molar-refractivity contribution in [3.63, 3.8) is 0 Å². The first-order valence-corrected chi connectivity index (χ1v) is 7.19. The van der Waals surface area contributed by atoms with Gasteiger partial charge in [-0.15, -0.1) is 0 Å². The Hall–Kier alpha value is -0.200. The first-order valence-electron chi connectivity index (χ1n) is 7.25. The molecule has 0 saturated carbocycles. The van der Waals surface area contributed by atoms with Crippen LogP contribution >= 0.6 is 0 Å². The van der Waals surface area contributed by atoms with Crippen molar-refractivity contribution in [3.05, 3.63) is 0 Å². The van der Waals surface area contributed by atoms with Crippen molar-refractivity contribution in [1.82, 2.24) is 4.31 Å². The van der Waals surface area contributed by atoms with Gasteiger partial charge in [-0.1, -0.05) is 20.8 Å². The molecule has 0 aliphatic heterocycles. The van der Waals surface area contributed by atoms with Gasteiger partial charge in [-0.25, -0.2) is 12.8 Å². The van der Waals surface area contributed by atoms with Crippen molar-refractivity contribution in [3.8, 4) is 0 Å². The van der Waals surface area contributed by atoms with Gasteiger partial charge in [0.15, 0.2) is 0 Å². The number of hydrogen-bond donors (Lipinski definition) is 0. The summed E-state index contributed by atoms with van der Waals surface area (Å²) in [5, 5.41) is 0. The lowest BCUT2D eigenvalue weighted by Crippen LogP contribution is -2.48. The van der Waals surface area contributed by atoms with Gasteiger partial charge in [0.2, 0.25) is 10.0 Å². The topological polar surface area (TPSA) is 46.6 Å². The lowest BCUT2D eigenvalue weighted by atomic mass is 9.90. The van der Waals surface area contributed by atoms with Gasteiger partial charge >= 0.3 is 0 Å². The van der Waals surface area contributed by atoms with Crippen molar-refractivity contribution in [2.75, 3.05) is 19.6 Å². The largest absolute Gasteiger partial charge is 0.359 e. The minimum Gasteiger partial charge on any atom is -0.359 e. The zero-order chi connectivity index (χ0) is 17.3. The van der Waals surface area contributed by atoms with Gasteiger partial charge in [-0.05, 0) is 26.2 Å². The second-order valence-electron chi connectivity index (χ2n) is 6.33. The van der Waals surface area contributed by atoms with E-state index in [0.717, 1.165) is 4.31 Å². The Labute approximate surface area is 115 Å². The van der Waals surface area contributed by atoms with Crippen LogP contribution in [0.2, 0.25) is 0 Å². The maximum absolute atomic E-state index is 13.0. The van der Waals surface area contributed by atoms with Crippen LogP contribution in [-0.4, -0.2) is 44.0 Å². The summed E-state index contributed by atoms with van der Waals surface area (Å²) in [6.45, 7) is 8.67. The van der Waals surface area contributed by atoms with Crippen LogP contribution in [-0.2, 0) is 14.8 Å². The van der Waals surface area contributed by atoms with Crippen LogP contribution in [0.15, 0.2) is 0 Å². The Kier molecular flexibility index (Phi) is 4.16. The van der Waals surface area contributed by atoms with Crippen LogP contribution in [0, 0.1) is 5.41 Å². The third kappa shape index (κ3) is 5.63. The number of ether oxygens (including phenoxy) is 1. The zero-order valence-electron chi connectivity index (χ0n) is 14.9. The Bertz CT molecular complexity index is 438. The lowest BCUT2D eigenvalue weighted by Gasteiger charge is -2.36. The predicted molar refractivity (Wildman–Crippen MR) is 71.6 cm³/mol. The van der Waals surface area contributed by atoms with E-state index in [4.69, 9.17) is 8.85 Å². The van der Waals surface area contributed by atoms with Crippen molar-refractivity contribution < 1.29 is 21.7 Å². The molecule has 110 valence electrons. The summed E-state index contributed by atoms with van der Waals surface area (Å²) < 4.78 is 64.9. The van der Waals surface area contributed by atoms with E-state index in [1.54, 1.807) is 41.5 Å². The maximum atomic E-state index is 13.0. The van der Waals surface area contributed by atoms with Gasteiger partial charge in [0.1, 0.15) is 13.4 Å². The molecule has 0 rings (SSSR count). The van der Waals surface area contributed by atoms with Crippen LogP contribution < -0.4 is 0 Å². The number of sulfonamides is 1. The van der Waals surface area contributed by atoms with Crippen LogP contribution in [0.1, 0.15) is 45.7 Å². The fourth-order valence-corrected chi connectivity index (χ4v) is 2.23. The fourth-order valence-electron chi connectivity index (χ4n) is 1.31. The molecular weight excluding hydrogens is 257 g/mol. The minimum atomic E-state index is -4.56. The number of nitrogens with zero attached hydrogens (tertiary/aromatic N) is 1. The van der Waals surface area contributed by atoms with Crippen molar-refractivity contribution in [2.45, 2.75) is 53.2 Å². The Morgan fingerprint density at radius 1 is 1.28 bits per heavy atom. The first kappa shape index (κ1) is 12.8. The van der Waals surface area contributed by atoms with Crippen molar-refractivity contribution in [2.24, 2.45) is 5.41 Å². The molecule has 1 atom stereocenters. The molecule has 0 aliphatic rings. The molecule has 0 aliphatic carbocycles. The average Bonchev–Trinajstić information content (AvgIpc) is 2.18. The summed E-state index contributed by atoms with van der Waals surface area (Å²) in [7, 11) is -4.56. The van der Waals surface area contributed by atoms with Crippen LogP contribution in [0.4, 0.5) is 4.39 Å². The summed E-state index contributed by atoms with van der Waals surface area (Å²) in [6, 6.07) is 0. The highest BCUT2D eigenvalue weighted by Crippen LogP contribution is 2.24. The van der Waals surface area contributed by atoms with Gasteiger partial charge in [-0.2, -0.15) is 4.31 Å². The van der Waals surface area contributed by atoms with E-state index in [1.165, 1.54) is 0 Å². The Balaban J connectivity index is 5.35. The third-order valence-electron chi connectivity index (χ3n) is 2.54. The molecule has 0 aromatic rings. The zero-order valence-corrected chi connectivity index (χ0v) is 12.8. The molecule has 0 bridgehead atoms. The quantitative estimate of drug-likeness (QED) is 0.729. The van der Waals surface area contributed by atoms with E-state index in [1.807, 2.05) is 0 Å². The van der Waals surface area contributed by atoms with E-state index < -0.39 is 46.7 Å². The Morgan fingerprint density at radius 2 is 1.78 bits per heavy atom. The van der Waals surface area contributed by atoms with Crippen LogP contribution in [0.3, 0.4) is 0 Å². The van der Waals surface area contributed by atoms with Gasteiger partial charge in [-0.3, -0.25) is 0 Å². The molecule has 0 heterocycles. The summed E-state index contributed by atoms with van der Waals surface area (Å²) in [6.07, 6.45) is -4.01. The van der Waals surface area contributed by atoms with Gasteiger partial charge in [0, 0.05) is 9.65 Å². The molecule has 0 fully saturated rings. The second kappa shape index (κ2) is 5.84. The molecule has 4 nitrogen and oxygen atoms in total. The summed E-state index contributed by atoms with van der Waals surface area (Å²) in [5.74, 6) is 0. The molecular formula is C12H26FNO3S. The third-order valence-corrected chi connectivity index (χ3v) is 3.77. The highest BCUT2D eigenvalue weighted by Gasteiger charge is 2.32. The molecule has 0 aromatic carbocycles. The first-order chi connectivity index (χ1) is 9.05. The summed E-state index contributed by atoms with van der Waals surface area (Å²) in [5.41, 5.74) is -1.52.